The zero-order valence-corrected chi connectivity index (χ0v) is 19.9. The lowest BCUT2D eigenvalue weighted by atomic mass is 10.2. The van der Waals surface area contributed by atoms with Crippen LogP contribution in [0.3, 0.4) is 0 Å². The van der Waals surface area contributed by atoms with Crippen LogP contribution in [0.4, 0.5) is 0 Å². The minimum atomic E-state index is -0.309. The standard InChI is InChI=1S/C22H20Br2N4O4/c23-17-5-1-15(2-6-17)21(29)27-25-13-31-19-9-3-16(4-10-19)22(30)28-26-14-32-20-11-7-18(24)8-12-20/h1-12,25-26H,13-14H2,(H,27,29)(H,28,30). The highest BCUT2D eigenvalue weighted by Crippen LogP contribution is 2.15. The van der Waals surface area contributed by atoms with E-state index in [9.17, 15) is 9.59 Å². The van der Waals surface area contributed by atoms with Gasteiger partial charge in [-0.15, -0.1) is 0 Å². The Kier molecular flexibility index (Phi) is 9.05. The predicted molar refractivity (Wildman–Crippen MR) is 127 cm³/mol. The molecule has 0 saturated heterocycles. The molecule has 32 heavy (non-hydrogen) atoms. The van der Waals surface area contributed by atoms with Crippen LogP contribution in [0, 0.1) is 0 Å². The smallest absolute Gasteiger partial charge is 0.265 e. The van der Waals surface area contributed by atoms with E-state index in [1.165, 1.54) is 0 Å². The molecule has 0 radical (unpaired) electrons. The van der Waals surface area contributed by atoms with Gasteiger partial charge >= 0.3 is 0 Å². The molecule has 0 aliphatic carbocycles. The summed E-state index contributed by atoms with van der Waals surface area (Å²) in [4.78, 5) is 24.1. The molecule has 166 valence electrons. The van der Waals surface area contributed by atoms with Crippen molar-refractivity contribution < 1.29 is 19.1 Å². The van der Waals surface area contributed by atoms with Crippen LogP contribution in [0.15, 0.2) is 81.7 Å². The summed E-state index contributed by atoms with van der Waals surface area (Å²) >= 11 is 6.67. The van der Waals surface area contributed by atoms with Crippen molar-refractivity contribution in [1.82, 2.24) is 21.7 Å². The van der Waals surface area contributed by atoms with E-state index in [1.54, 1.807) is 48.5 Å². The summed E-state index contributed by atoms with van der Waals surface area (Å²) in [5.41, 5.74) is 11.5. The first-order valence-corrected chi connectivity index (χ1v) is 11.0. The lowest BCUT2D eigenvalue weighted by molar-refractivity contribution is 0.0905. The molecular formula is C22H20Br2N4O4. The number of carbonyl (C=O) groups excluding carboxylic acids is 2. The third kappa shape index (κ3) is 7.65. The average molecular weight is 564 g/mol. The average Bonchev–Trinajstić information content (AvgIpc) is 2.81. The summed E-state index contributed by atoms with van der Waals surface area (Å²) in [6.45, 7) is 0.176. The zero-order chi connectivity index (χ0) is 22.8. The van der Waals surface area contributed by atoms with Crippen molar-refractivity contribution in [3.05, 3.63) is 92.9 Å². The van der Waals surface area contributed by atoms with Crippen LogP contribution in [-0.2, 0) is 0 Å². The molecule has 4 N–H and O–H groups in total. The van der Waals surface area contributed by atoms with Gasteiger partial charge in [0.1, 0.15) is 11.5 Å². The van der Waals surface area contributed by atoms with Crippen LogP contribution in [0.1, 0.15) is 20.7 Å². The van der Waals surface area contributed by atoms with Gasteiger partial charge in [0.05, 0.1) is 0 Å². The first-order chi connectivity index (χ1) is 15.5. The number of hydrazine groups is 2. The summed E-state index contributed by atoms with van der Waals surface area (Å²) in [7, 11) is 0. The molecule has 8 nitrogen and oxygen atoms in total. The molecular weight excluding hydrogens is 544 g/mol. The highest BCUT2D eigenvalue weighted by atomic mass is 79.9. The van der Waals surface area contributed by atoms with E-state index in [2.05, 4.69) is 53.6 Å². The topological polar surface area (TPSA) is 101 Å². The van der Waals surface area contributed by atoms with Crippen molar-refractivity contribution in [1.29, 1.82) is 0 Å². The maximum atomic E-state index is 12.2. The Bertz CT molecular complexity index is 1030. The van der Waals surface area contributed by atoms with Crippen LogP contribution in [0.25, 0.3) is 0 Å². The first-order valence-electron chi connectivity index (χ1n) is 9.44. The second-order valence-electron chi connectivity index (χ2n) is 6.32. The Morgan fingerprint density at radius 2 is 0.938 bits per heavy atom. The van der Waals surface area contributed by atoms with E-state index in [0.29, 0.717) is 22.6 Å². The molecule has 0 fully saturated rings. The molecule has 10 heteroatoms. The van der Waals surface area contributed by atoms with Gasteiger partial charge in [-0.3, -0.25) is 20.4 Å². The molecule has 3 aromatic carbocycles. The van der Waals surface area contributed by atoms with Crippen molar-refractivity contribution in [3.63, 3.8) is 0 Å². The number of amides is 2. The van der Waals surface area contributed by atoms with E-state index in [1.807, 2.05) is 24.3 Å². The quantitative estimate of drug-likeness (QED) is 0.170. The van der Waals surface area contributed by atoms with Gasteiger partial charge in [0.15, 0.2) is 13.5 Å². The SMILES string of the molecule is O=C(NNCOc1ccc(C(=O)NNCOc2ccc(Br)cc2)cc1)c1ccc(Br)cc1. The lowest BCUT2D eigenvalue weighted by Crippen LogP contribution is -2.40. The Morgan fingerprint density at radius 3 is 1.38 bits per heavy atom. The van der Waals surface area contributed by atoms with Crippen LogP contribution in [0.2, 0.25) is 0 Å². The molecule has 0 saturated carbocycles. The maximum absolute atomic E-state index is 12.2. The molecule has 0 spiro atoms. The largest absolute Gasteiger partial charge is 0.477 e. The summed E-state index contributed by atoms with van der Waals surface area (Å²) in [6.07, 6.45) is 0. The monoisotopic (exact) mass is 562 g/mol. The summed E-state index contributed by atoms with van der Waals surface area (Å²) in [5, 5.41) is 0. The number of hydrogen-bond acceptors (Lipinski definition) is 6. The number of ether oxygens (including phenoxy) is 2. The molecule has 3 rings (SSSR count). The van der Waals surface area contributed by atoms with Crippen LogP contribution in [-0.4, -0.2) is 25.3 Å². The highest BCUT2D eigenvalue weighted by Gasteiger charge is 2.06. The fourth-order valence-electron chi connectivity index (χ4n) is 2.45. The van der Waals surface area contributed by atoms with Gasteiger partial charge in [0.2, 0.25) is 0 Å². The number of carbonyl (C=O) groups is 2. The van der Waals surface area contributed by atoms with E-state index in [0.717, 1.165) is 8.95 Å². The fraction of sp³-hybridized carbons (Fsp3) is 0.0909. The van der Waals surface area contributed by atoms with E-state index >= 15 is 0 Å². The molecule has 2 amide bonds. The minimum Gasteiger partial charge on any atom is -0.477 e. The molecule has 3 aromatic rings. The van der Waals surface area contributed by atoms with E-state index in [-0.39, 0.29) is 25.3 Å². The molecule has 0 aliphatic heterocycles. The van der Waals surface area contributed by atoms with Crippen LogP contribution < -0.4 is 31.2 Å². The van der Waals surface area contributed by atoms with Crippen LogP contribution in [0.5, 0.6) is 11.5 Å². The molecule has 0 bridgehead atoms. The Balaban J connectivity index is 1.34. The Hall–Kier alpha value is -2.92. The van der Waals surface area contributed by atoms with Crippen molar-refractivity contribution in [3.8, 4) is 11.5 Å². The zero-order valence-electron chi connectivity index (χ0n) is 16.7. The maximum Gasteiger partial charge on any atom is 0.265 e. The van der Waals surface area contributed by atoms with Gasteiger partial charge in [-0.05, 0) is 72.8 Å². The van der Waals surface area contributed by atoms with Gasteiger partial charge in [0.25, 0.3) is 11.8 Å². The molecule has 0 unspecified atom stereocenters. The first kappa shape index (κ1) is 23.7. The Morgan fingerprint density at radius 1 is 0.594 bits per heavy atom. The summed E-state index contributed by atoms with van der Waals surface area (Å²) < 4.78 is 12.8. The van der Waals surface area contributed by atoms with Gasteiger partial charge in [-0.2, -0.15) is 10.9 Å². The van der Waals surface area contributed by atoms with Gasteiger partial charge in [0, 0.05) is 20.1 Å². The third-order valence-corrected chi connectivity index (χ3v) is 5.12. The van der Waals surface area contributed by atoms with Gasteiger partial charge in [-0.25, -0.2) is 0 Å². The summed E-state index contributed by atoms with van der Waals surface area (Å²) in [5.74, 6) is 0.636. The lowest BCUT2D eigenvalue weighted by Gasteiger charge is -2.11. The van der Waals surface area contributed by atoms with Crippen molar-refractivity contribution in [2.24, 2.45) is 0 Å². The molecule has 0 aromatic heterocycles. The third-order valence-electron chi connectivity index (χ3n) is 4.06. The minimum absolute atomic E-state index is 0.0583. The van der Waals surface area contributed by atoms with Gasteiger partial charge in [-0.1, -0.05) is 31.9 Å². The predicted octanol–water partition coefficient (Wildman–Crippen LogP) is 3.75. The van der Waals surface area contributed by atoms with Crippen molar-refractivity contribution in [2.45, 2.75) is 0 Å². The second-order valence-corrected chi connectivity index (χ2v) is 8.16. The van der Waals surface area contributed by atoms with E-state index in [4.69, 9.17) is 9.47 Å². The number of benzene rings is 3. The molecule has 0 heterocycles. The Labute approximate surface area is 201 Å². The van der Waals surface area contributed by atoms with Crippen molar-refractivity contribution >= 4 is 43.7 Å². The second kappa shape index (κ2) is 12.2. The summed E-state index contributed by atoms with van der Waals surface area (Å²) in [6, 6.07) is 20.9. The van der Waals surface area contributed by atoms with Gasteiger partial charge < -0.3 is 9.47 Å². The van der Waals surface area contributed by atoms with Crippen molar-refractivity contribution in [2.75, 3.05) is 13.5 Å². The highest BCUT2D eigenvalue weighted by molar-refractivity contribution is 9.10. The van der Waals surface area contributed by atoms with E-state index < -0.39 is 0 Å². The number of rotatable bonds is 10. The number of halogens is 2. The molecule has 0 aliphatic rings. The van der Waals surface area contributed by atoms with Crippen LogP contribution >= 0.6 is 31.9 Å². The molecule has 0 atom stereocenters. The number of hydrogen-bond donors (Lipinski definition) is 4. The normalized spacial score (nSPS) is 10.3. The number of nitrogens with one attached hydrogen (secondary N) is 4. The fourth-order valence-corrected chi connectivity index (χ4v) is 2.98.